The van der Waals surface area contributed by atoms with Crippen molar-refractivity contribution in [2.45, 2.75) is 44.9 Å². The molecule has 5 rings (SSSR count). The first-order valence-electron chi connectivity index (χ1n) is 11.9. The average Bonchev–Trinajstić information content (AvgIpc) is 2.92. The zero-order valence-electron chi connectivity index (χ0n) is 19.4. The molecule has 1 saturated carbocycles. The van der Waals surface area contributed by atoms with Crippen molar-refractivity contribution >= 4 is 22.5 Å². The van der Waals surface area contributed by atoms with Crippen LogP contribution in [-0.2, 0) is 0 Å². The molecule has 0 unspecified atom stereocenters. The van der Waals surface area contributed by atoms with Crippen LogP contribution in [0.15, 0.2) is 84.2 Å². The highest BCUT2D eigenvalue weighted by atomic mass is 16.2. The minimum atomic E-state index is -0.257. The standard InChI is InChI=1S/C29H28N4O/c1-20(21-11-13-23(14-12-21)22-7-3-2-4-8-22)32-33-29(34)26-19-28(24-15-17-30-18-16-24)31-27-10-6-5-9-25(26)27/h5-6,9-19,22H,2-4,7-8H2,1H3,(H,33,34)/b32-20+. The molecule has 170 valence electrons. The molecule has 2 aromatic carbocycles. The second-order valence-electron chi connectivity index (χ2n) is 8.90. The normalized spacial score (nSPS) is 14.8. The highest BCUT2D eigenvalue weighted by Gasteiger charge is 2.16. The summed E-state index contributed by atoms with van der Waals surface area (Å²) in [5, 5.41) is 5.20. The van der Waals surface area contributed by atoms with E-state index in [2.05, 4.69) is 39.8 Å². The van der Waals surface area contributed by atoms with Gasteiger partial charge in [-0.05, 0) is 61.1 Å². The lowest BCUT2D eigenvalue weighted by Crippen LogP contribution is -2.20. The largest absolute Gasteiger partial charge is 0.272 e. The van der Waals surface area contributed by atoms with E-state index < -0.39 is 0 Å². The van der Waals surface area contributed by atoms with Crippen LogP contribution in [0.5, 0.6) is 0 Å². The van der Waals surface area contributed by atoms with Crippen LogP contribution in [0.1, 0.15) is 66.4 Å². The van der Waals surface area contributed by atoms with E-state index in [-0.39, 0.29) is 5.91 Å². The van der Waals surface area contributed by atoms with Crippen LogP contribution in [0.4, 0.5) is 0 Å². The molecule has 1 aliphatic rings. The van der Waals surface area contributed by atoms with Crippen molar-refractivity contribution in [3.63, 3.8) is 0 Å². The number of carbonyl (C=O) groups excluding carboxylic acids is 1. The molecule has 2 aromatic heterocycles. The van der Waals surface area contributed by atoms with Crippen LogP contribution in [0.2, 0.25) is 0 Å². The molecule has 2 heterocycles. The molecule has 0 saturated heterocycles. The third kappa shape index (κ3) is 4.74. The maximum absolute atomic E-state index is 13.2. The quantitative estimate of drug-likeness (QED) is 0.280. The molecule has 0 bridgehead atoms. The Bertz CT molecular complexity index is 1320. The molecule has 0 radical (unpaired) electrons. The average molecular weight is 449 g/mol. The first-order chi connectivity index (χ1) is 16.7. The first-order valence-corrected chi connectivity index (χ1v) is 11.9. The van der Waals surface area contributed by atoms with Gasteiger partial charge in [-0.1, -0.05) is 61.7 Å². The minimum Gasteiger partial charge on any atom is -0.267 e. The molecule has 5 heteroatoms. The topological polar surface area (TPSA) is 67.2 Å². The lowest BCUT2D eigenvalue weighted by molar-refractivity contribution is 0.0956. The van der Waals surface area contributed by atoms with Gasteiger partial charge in [-0.15, -0.1) is 0 Å². The molecule has 1 aliphatic carbocycles. The monoisotopic (exact) mass is 448 g/mol. The number of carbonyl (C=O) groups is 1. The molecular formula is C29H28N4O. The van der Waals surface area contributed by atoms with Gasteiger partial charge >= 0.3 is 0 Å². The Morgan fingerprint density at radius 2 is 1.68 bits per heavy atom. The van der Waals surface area contributed by atoms with E-state index in [0.717, 1.165) is 33.4 Å². The second kappa shape index (κ2) is 9.96. The molecule has 0 aliphatic heterocycles. The maximum atomic E-state index is 13.2. The van der Waals surface area contributed by atoms with Gasteiger partial charge in [0.1, 0.15) is 0 Å². The fourth-order valence-electron chi connectivity index (χ4n) is 4.73. The predicted molar refractivity (Wildman–Crippen MR) is 137 cm³/mol. The first kappa shape index (κ1) is 22.0. The summed E-state index contributed by atoms with van der Waals surface area (Å²) in [6, 6.07) is 21.9. The molecular weight excluding hydrogens is 420 g/mol. The van der Waals surface area contributed by atoms with Crippen LogP contribution in [-0.4, -0.2) is 21.6 Å². The summed E-state index contributed by atoms with van der Waals surface area (Å²) in [7, 11) is 0. The lowest BCUT2D eigenvalue weighted by Gasteiger charge is -2.22. The zero-order chi connectivity index (χ0) is 23.3. The number of nitrogens with one attached hydrogen (secondary N) is 1. The van der Waals surface area contributed by atoms with Crippen molar-refractivity contribution in [2.75, 3.05) is 0 Å². The maximum Gasteiger partial charge on any atom is 0.272 e. The fourth-order valence-corrected chi connectivity index (χ4v) is 4.73. The number of pyridine rings is 2. The van der Waals surface area contributed by atoms with Crippen LogP contribution < -0.4 is 5.43 Å². The van der Waals surface area contributed by atoms with Crippen LogP contribution >= 0.6 is 0 Å². The number of hydrogen-bond acceptors (Lipinski definition) is 4. The van der Waals surface area contributed by atoms with E-state index in [4.69, 9.17) is 4.98 Å². The van der Waals surface area contributed by atoms with Gasteiger partial charge in [-0.3, -0.25) is 9.78 Å². The van der Waals surface area contributed by atoms with E-state index in [9.17, 15) is 4.79 Å². The summed E-state index contributed by atoms with van der Waals surface area (Å²) in [4.78, 5) is 22.0. The predicted octanol–water partition coefficient (Wildman–Crippen LogP) is 6.50. The van der Waals surface area contributed by atoms with Crippen molar-refractivity contribution in [3.8, 4) is 11.3 Å². The van der Waals surface area contributed by atoms with Crippen molar-refractivity contribution in [2.24, 2.45) is 5.10 Å². The molecule has 1 N–H and O–H groups in total. The van der Waals surface area contributed by atoms with E-state index >= 15 is 0 Å². The number of para-hydroxylation sites is 1. The zero-order valence-corrected chi connectivity index (χ0v) is 19.4. The highest BCUT2D eigenvalue weighted by Crippen LogP contribution is 2.32. The van der Waals surface area contributed by atoms with E-state index in [1.807, 2.05) is 49.4 Å². The Labute approximate surface area is 200 Å². The Morgan fingerprint density at radius 3 is 2.44 bits per heavy atom. The fraction of sp³-hybridized carbons (Fsp3) is 0.241. The Balaban J connectivity index is 1.38. The Kier molecular flexibility index (Phi) is 6.43. The number of amides is 1. The molecule has 5 nitrogen and oxygen atoms in total. The molecule has 4 aromatic rings. The minimum absolute atomic E-state index is 0.257. The third-order valence-corrected chi connectivity index (χ3v) is 6.67. The summed E-state index contributed by atoms with van der Waals surface area (Å²) >= 11 is 0. The van der Waals surface area contributed by atoms with Crippen LogP contribution in [0, 0.1) is 0 Å². The second-order valence-corrected chi connectivity index (χ2v) is 8.90. The van der Waals surface area contributed by atoms with Gasteiger partial charge in [0.15, 0.2) is 0 Å². The molecule has 1 amide bonds. The smallest absolute Gasteiger partial charge is 0.267 e. The van der Waals surface area contributed by atoms with Gasteiger partial charge < -0.3 is 0 Å². The molecule has 0 atom stereocenters. The molecule has 0 spiro atoms. The number of aromatic nitrogens is 2. The number of hydrazone groups is 1. The summed E-state index contributed by atoms with van der Waals surface area (Å²) < 4.78 is 0. The van der Waals surface area contributed by atoms with Gasteiger partial charge in [-0.2, -0.15) is 5.10 Å². The lowest BCUT2D eigenvalue weighted by atomic mass is 9.84. The van der Waals surface area contributed by atoms with Crippen molar-refractivity contribution < 1.29 is 4.79 Å². The number of hydrogen-bond donors (Lipinski definition) is 1. The number of benzene rings is 2. The molecule has 34 heavy (non-hydrogen) atoms. The van der Waals surface area contributed by atoms with Gasteiger partial charge in [0.05, 0.1) is 22.5 Å². The van der Waals surface area contributed by atoms with Crippen molar-refractivity contribution in [1.82, 2.24) is 15.4 Å². The SMILES string of the molecule is C/C(=N\NC(=O)c1cc(-c2ccncc2)nc2ccccc12)c1ccc(C2CCCCC2)cc1. The van der Waals surface area contributed by atoms with Crippen LogP contribution in [0.3, 0.4) is 0 Å². The van der Waals surface area contributed by atoms with Crippen LogP contribution in [0.25, 0.3) is 22.2 Å². The summed E-state index contributed by atoms with van der Waals surface area (Å²) in [6.07, 6.45) is 10.0. The number of fused-ring (bicyclic) bond motifs is 1. The van der Waals surface area contributed by atoms with Gasteiger partial charge in [0, 0.05) is 23.3 Å². The summed E-state index contributed by atoms with van der Waals surface area (Å²) in [5.41, 5.74) is 8.89. The van der Waals surface area contributed by atoms with Gasteiger partial charge in [-0.25, -0.2) is 10.4 Å². The summed E-state index contributed by atoms with van der Waals surface area (Å²) in [6.45, 7) is 1.92. The van der Waals surface area contributed by atoms with Crippen molar-refractivity contribution in [1.29, 1.82) is 0 Å². The van der Waals surface area contributed by atoms with Crippen molar-refractivity contribution in [3.05, 3.63) is 95.8 Å². The van der Waals surface area contributed by atoms with Gasteiger partial charge in [0.25, 0.3) is 5.91 Å². The molecule has 1 fully saturated rings. The van der Waals surface area contributed by atoms with Gasteiger partial charge in [0.2, 0.25) is 0 Å². The number of rotatable bonds is 5. The van der Waals surface area contributed by atoms with E-state index in [0.29, 0.717) is 11.5 Å². The Hall–Kier alpha value is -3.86. The number of nitrogens with zero attached hydrogens (tertiary/aromatic N) is 3. The Morgan fingerprint density at radius 1 is 0.941 bits per heavy atom. The summed E-state index contributed by atoms with van der Waals surface area (Å²) in [5.74, 6) is 0.418. The third-order valence-electron chi connectivity index (χ3n) is 6.67. The van der Waals surface area contributed by atoms with E-state index in [1.165, 1.54) is 37.7 Å². The van der Waals surface area contributed by atoms with E-state index in [1.54, 1.807) is 12.4 Å². The highest BCUT2D eigenvalue weighted by molar-refractivity contribution is 6.08.